The van der Waals surface area contributed by atoms with Crippen LogP contribution in [0.4, 0.5) is 4.79 Å². The summed E-state index contributed by atoms with van der Waals surface area (Å²) in [6.07, 6.45) is -1.85. The molecule has 0 fully saturated rings. The van der Waals surface area contributed by atoms with E-state index in [0.717, 1.165) is 14.0 Å². The van der Waals surface area contributed by atoms with Gasteiger partial charge in [-0.2, -0.15) is 0 Å². The Morgan fingerprint density at radius 3 is 1.93 bits per heavy atom. The van der Waals surface area contributed by atoms with Crippen LogP contribution in [0.5, 0.6) is 0 Å². The maximum Gasteiger partial charge on any atom is 2.00 e. The van der Waals surface area contributed by atoms with E-state index in [9.17, 15) is 19.2 Å². The molecule has 0 unspecified atom stereocenters. The number of ether oxygens (including phenoxy) is 2. The third-order valence-electron chi connectivity index (χ3n) is 0.980. The maximum atomic E-state index is 10.7. The van der Waals surface area contributed by atoms with Gasteiger partial charge in [0.05, 0.1) is 13.5 Å². The molecule has 0 aliphatic carbocycles. The van der Waals surface area contributed by atoms with Gasteiger partial charge in [0, 0.05) is 0 Å². The normalized spacial score (nSPS) is 7.60. The molecule has 0 aliphatic rings. The van der Waals surface area contributed by atoms with Gasteiger partial charge < -0.3 is 15.2 Å². The molecule has 15 heavy (non-hydrogen) atoms. The number of Topliss-reactive ketones (excluding diaryl/α,β-unsaturated/α-hetero) is 2. The van der Waals surface area contributed by atoms with Crippen LogP contribution < -0.4 is 0 Å². The molecular weight excluding hydrogens is 229 g/mol. The molecule has 0 atom stereocenters. The van der Waals surface area contributed by atoms with Gasteiger partial charge in [-0.15, -0.1) is 0 Å². The predicted octanol–water partition coefficient (Wildman–Crippen LogP) is -0.467. The number of methoxy groups -OCH3 is 1. The van der Waals surface area contributed by atoms with Gasteiger partial charge >= 0.3 is 58.2 Å². The van der Waals surface area contributed by atoms with Crippen LogP contribution in [0.15, 0.2) is 0 Å². The first kappa shape index (κ1) is 20.3. The summed E-state index contributed by atoms with van der Waals surface area (Å²) in [4.78, 5) is 42.0. The number of hydrogen-bond acceptors (Lipinski definition) is 6. The van der Waals surface area contributed by atoms with Gasteiger partial charge in [-0.05, 0) is 6.92 Å². The Bertz CT molecular complexity index is 276. The summed E-state index contributed by atoms with van der Waals surface area (Å²) in [5.74, 6) is -2.94. The maximum absolute atomic E-state index is 10.7. The van der Waals surface area contributed by atoms with Gasteiger partial charge in [0.1, 0.15) is 5.78 Å². The van der Waals surface area contributed by atoms with Crippen molar-refractivity contribution in [2.75, 3.05) is 7.11 Å². The van der Waals surface area contributed by atoms with E-state index in [1.165, 1.54) is 0 Å². The zero-order valence-electron chi connectivity index (χ0n) is 12.6. The number of hydrogen-bond donors (Lipinski definition) is 0. The molecule has 0 spiro atoms. The Morgan fingerprint density at radius 1 is 1.13 bits per heavy atom. The Morgan fingerprint density at radius 2 is 1.60 bits per heavy atom. The molecule has 80 valence electrons. The monoisotopic (exact) mass is 240 g/mol. The zero-order chi connectivity index (χ0) is 10.4. The Kier molecular flexibility index (Phi) is 14.0. The summed E-state index contributed by atoms with van der Waals surface area (Å²) in [5, 5.41) is 0. The molecule has 0 radical (unpaired) electrons. The fourth-order valence-corrected chi connectivity index (χ4v) is 0.473. The second-order valence-electron chi connectivity index (χ2n) is 2.15. The van der Waals surface area contributed by atoms with Crippen LogP contribution in [0.1, 0.15) is 19.1 Å². The molecule has 0 aromatic heterocycles. The van der Waals surface area contributed by atoms with Crippen LogP contribution in [0.3, 0.4) is 0 Å². The van der Waals surface area contributed by atoms with E-state index in [-0.39, 0.29) is 51.8 Å². The molecule has 0 bridgehead atoms. The smallest absolute Gasteiger partial charge is 1.00 e. The van der Waals surface area contributed by atoms with Crippen LogP contribution in [-0.4, -0.2) is 76.9 Å². The van der Waals surface area contributed by atoms with Crippen molar-refractivity contribution in [2.24, 2.45) is 0 Å². The molecule has 6 nitrogen and oxygen atoms in total. The Hall–Kier alpha value is -0.188. The van der Waals surface area contributed by atoms with Crippen LogP contribution >= 0.6 is 0 Å². The van der Waals surface area contributed by atoms with Crippen molar-refractivity contribution in [3.63, 3.8) is 0 Å². The molecule has 0 aromatic rings. The van der Waals surface area contributed by atoms with E-state index in [1.807, 2.05) is 0 Å². The fourth-order valence-electron chi connectivity index (χ4n) is 0.473. The van der Waals surface area contributed by atoms with Gasteiger partial charge in [0.25, 0.3) is 0 Å². The first-order chi connectivity index (χ1) is 5.97. The van der Waals surface area contributed by atoms with Gasteiger partial charge in [-0.25, -0.2) is 9.59 Å². The summed E-state index contributed by atoms with van der Waals surface area (Å²) in [5.41, 5.74) is 0. The minimum absolute atomic E-state index is 0. The van der Waals surface area contributed by atoms with E-state index < -0.39 is 30.1 Å². The fraction of sp³-hybridized carbons (Fsp3) is 0.429. The molecular formula is C7H12Mg2O6. The summed E-state index contributed by atoms with van der Waals surface area (Å²) < 4.78 is 7.82. The van der Waals surface area contributed by atoms with Crippen LogP contribution in [-0.2, 0) is 23.9 Å². The quantitative estimate of drug-likeness (QED) is 0.287. The average molecular weight is 241 g/mol. The van der Waals surface area contributed by atoms with Crippen molar-refractivity contribution < 1.29 is 34.4 Å². The second-order valence-corrected chi connectivity index (χ2v) is 2.15. The van der Waals surface area contributed by atoms with E-state index in [0.29, 0.717) is 0 Å². The number of esters is 1. The number of carbonyl (C=O) groups excluding carboxylic acids is 4. The van der Waals surface area contributed by atoms with E-state index in [2.05, 4.69) is 9.47 Å². The molecule has 8 heteroatoms. The first-order valence-electron chi connectivity index (χ1n) is 3.29. The van der Waals surface area contributed by atoms with Crippen LogP contribution in [0.2, 0.25) is 0 Å². The zero-order valence-corrected chi connectivity index (χ0v) is 11.4. The van der Waals surface area contributed by atoms with E-state index in [4.69, 9.17) is 0 Å². The van der Waals surface area contributed by atoms with Gasteiger partial charge in [-0.1, -0.05) is 0 Å². The van der Waals surface area contributed by atoms with Gasteiger partial charge in [-0.3, -0.25) is 9.59 Å². The van der Waals surface area contributed by atoms with Gasteiger partial charge in [0.2, 0.25) is 5.78 Å². The molecule has 0 amide bonds. The predicted molar refractivity (Wildman–Crippen MR) is 54.8 cm³/mol. The summed E-state index contributed by atoms with van der Waals surface area (Å²) in [6, 6.07) is 0. The second kappa shape index (κ2) is 10.3. The van der Waals surface area contributed by atoms with Crippen molar-refractivity contribution in [2.45, 2.75) is 13.3 Å². The van der Waals surface area contributed by atoms with E-state index >= 15 is 0 Å². The van der Waals surface area contributed by atoms with Gasteiger partial charge in [0.15, 0.2) is 0 Å². The minimum Gasteiger partial charge on any atom is -1.00 e. The van der Waals surface area contributed by atoms with E-state index in [1.54, 1.807) is 0 Å². The first-order valence-corrected chi connectivity index (χ1v) is 3.29. The average Bonchev–Trinajstić information content (AvgIpc) is 2.02. The molecule has 0 aliphatic heterocycles. The van der Waals surface area contributed by atoms with Crippen molar-refractivity contribution in [3.05, 3.63) is 0 Å². The molecule has 0 heterocycles. The Balaban J connectivity index is -0.0000000480. The summed E-state index contributed by atoms with van der Waals surface area (Å²) >= 11 is 0. The summed E-state index contributed by atoms with van der Waals surface area (Å²) in [7, 11) is 0.991. The molecule has 0 saturated carbocycles. The SMILES string of the molecule is COC(=O)OC(=O)C(=O)CC(C)=O.[H-].[H-].[H-].[H-].[Mg+2].[Mg+2]. The largest absolute Gasteiger partial charge is 2.00 e. The van der Waals surface area contributed by atoms with Crippen LogP contribution in [0.25, 0.3) is 0 Å². The van der Waals surface area contributed by atoms with Crippen molar-refractivity contribution >= 4 is 69.8 Å². The van der Waals surface area contributed by atoms with Crippen LogP contribution in [0, 0.1) is 0 Å². The molecule has 0 aromatic carbocycles. The van der Waals surface area contributed by atoms with Crippen molar-refractivity contribution in [1.29, 1.82) is 0 Å². The van der Waals surface area contributed by atoms with Crippen molar-refractivity contribution in [1.82, 2.24) is 0 Å². The third-order valence-corrected chi connectivity index (χ3v) is 0.980. The third kappa shape index (κ3) is 10.1. The minimum atomic E-state index is -1.39. The van der Waals surface area contributed by atoms with Crippen molar-refractivity contribution in [3.8, 4) is 0 Å². The summed E-state index contributed by atoms with van der Waals surface area (Å²) in [6.45, 7) is 1.14. The molecule has 0 rings (SSSR count). The standard InChI is InChI=1S/C7H8O6.2Mg.4H/c1-4(8)3-5(9)6(10)13-7(11)12-2;;;;;;/h3H2,1-2H3;;;;;;/q;2*+2;4*-1. The number of rotatable bonds is 3. The molecule has 0 N–H and O–H groups in total. The number of carbonyl (C=O) groups is 4. The topological polar surface area (TPSA) is 86.7 Å². The number of ketones is 2. The molecule has 0 saturated heterocycles. The Labute approximate surface area is 124 Å².